The second-order valence-corrected chi connectivity index (χ2v) is 10.2. The van der Waals surface area contributed by atoms with Gasteiger partial charge in [-0.2, -0.15) is 5.10 Å². The Balaban J connectivity index is 1.68. The van der Waals surface area contributed by atoms with Gasteiger partial charge in [-0.25, -0.2) is 4.68 Å². The molecule has 0 atom stereocenters. The Morgan fingerprint density at radius 1 is 1.14 bits per heavy atom. The van der Waals surface area contributed by atoms with Crippen molar-refractivity contribution in [2.24, 2.45) is 0 Å². The molecule has 1 saturated heterocycles. The van der Waals surface area contributed by atoms with Gasteiger partial charge in [0, 0.05) is 37.1 Å². The van der Waals surface area contributed by atoms with Crippen LogP contribution in [-0.4, -0.2) is 51.3 Å². The van der Waals surface area contributed by atoms with Crippen LogP contribution in [0.15, 0.2) is 59.6 Å². The highest BCUT2D eigenvalue weighted by atomic mass is 35.5. The first-order valence-corrected chi connectivity index (χ1v) is 13.5. The third-order valence-corrected chi connectivity index (χ3v) is 7.14. The summed E-state index contributed by atoms with van der Waals surface area (Å²) in [6, 6.07) is 15.5. The first kappa shape index (κ1) is 26.4. The van der Waals surface area contributed by atoms with Gasteiger partial charge in [0.15, 0.2) is 0 Å². The number of rotatable bonds is 11. The van der Waals surface area contributed by atoms with E-state index in [4.69, 9.17) is 38.4 Å². The predicted octanol–water partition coefficient (Wildman–Crippen LogP) is 6.61. The molecule has 0 unspecified atom stereocenters. The van der Waals surface area contributed by atoms with Crippen LogP contribution in [0, 0.1) is 0 Å². The Bertz CT molecular complexity index is 1260. The molecule has 9 heteroatoms. The van der Waals surface area contributed by atoms with Gasteiger partial charge in [-0.15, -0.1) is 0 Å². The monoisotopic (exact) mass is 541 g/mol. The van der Waals surface area contributed by atoms with Gasteiger partial charge in [0.05, 0.1) is 22.2 Å². The molecule has 0 aliphatic carbocycles. The molecule has 1 amide bonds. The fourth-order valence-electron chi connectivity index (χ4n) is 3.71. The van der Waals surface area contributed by atoms with Gasteiger partial charge in [0.25, 0.3) is 5.91 Å². The summed E-state index contributed by atoms with van der Waals surface area (Å²) in [6.45, 7) is 6.38. The normalized spacial score (nSPS) is 14.8. The van der Waals surface area contributed by atoms with Crippen LogP contribution in [-0.2, 0) is 9.53 Å². The lowest BCUT2D eigenvalue weighted by Gasteiger charge is -2.13. The van der Waals surface area contributed by atoms with E-state index in [1.54, 1.807) is 9.58 Å². The average Bonchev–Trinajstić information content (AvgIpc) is 3.42. The smallest absolute Gasteiger partial charge is 0.266 e. The zero-order valence-corrected chi connectivity index (χ0v) is 22.7. The molecule has 4 rings (SSSR count). The second-order valence-electron chi connectivity index (χ2n) is 8.09. The van der Waals surface area contributed by atoms with E-state index in [2.05, 4.69) is 0 Å². The van der Waals surface area contributed by atoms with Crippen LogP contribution in [0.1, 0.15) is 32.3 Å². The minimum absolute atomic E-state index is 0.0961. The largest absolute Gasteiger partial charge is 0.492 e. The van der Waals surface area contributed by atoms with E-state index in [9.17, 15) is 4.79 Å². The Morgan fingerprint density at radius 3 is 2.67 bits per heavy atom. The summed E-state index contributed by atoms with van der Waals surface area (Å²) in [5, 5.41) is 5.36. The SMILES string of the molecule is CCCOc1ccc(-c2nn(-c3ccccc3)cc2C=C2SC(=S)N(CCCOCC)C2=O)cc1Cl. The molecule has 0 saturated carbocycles. The van der Waals surface area contributed by atoms with Crippen LogP contribution in [0.4, 0.5) is 0 Å². The molecule has 1 aliphatic heterocycles. The van der Waals surface area contributed by atoms with Crippen LogP contribution in [0.5, 0.6) is 5.75 Å². The molecule has 0 spiro atoms. The van der Waals surface area contributed by atoms with Crippen molar-refractivity contribution in [1.29, 1.82) is 0 Å². The predicted molar refractivity (Wildman–Crippen MR) is 151 cm³/mol. The number of amides is 1. The van der Waals surface area contributed by atoms with Gasteiger partial charge in [-0.3, -0.25) is 9.69 Å². The molecular weight excluding hydrogens is 514 g/mol. The number of aromatic nitrogens is 2. The summed E-state index contributed by atoms with van der Waals surface area (Å²) in [4.78, 5) is 15.4. The standard InChI is InChI=1S/C27H28ClN3O3S2/c1-3-14-34-23-12-11-19(16-22(23)28)25-20(18-31(29-25)21-9-6-5-7-10-21)17-24-26(32)30(27(35)36-24)13-8-15-33-4-2/h5-7,9-12,16-18H,3-4,8,13-15H2,1-2H3. The molecule has 36 heavy (non-hydrogen) atoms. The van der Waals surface area contributed by atoms with Crippen LogP contribution in [0.25, 0.3) is 23.0 Å². The number of thiocarbonyl (C=S) groups is 1. The Morgan fingerprint density at radius 2 is 1.94 bits per heavy atom. The summed E-state index contributed by atoms with van der Waals surface area (Å²) < 4.78 is 13.5. The zero-order valence-electron chi connectivity index (χ0n) is 20.3. The molecule has 6 nitrogen and oxygen atoms in total. The summed E-state index contributed by atoms with van der Waals surface area (Å²) in [6.07, 6.45) is 5.41. The number of hydrogen-bond donors (Lipinski definition) is 0. The molecule has 2 aromatic carbocycles. The number of benzene rings is 2. The zero-order chi connectivity index (χ0) is 25.5. The number of hydrogen-bond acceptors (Lipinski definition) is 6. The first-order chi connectivity index (χ1) is 17.5. The highest BCUT2D eigenvalue weighted by Gasteiger charge is 2.32. The summed E-state index contributed by atoms with van der Waals surface area (Å²) in [5.74, 6) is 0.542. The van der Waals surface area contributed by atoms with Gasteiger partial charge < -0.3 is 9.47 Å². The molecule has 1 fully saturated rings. The number of carbonyl (C=O) groups excluding carboxylic acids is 1. The van der Waals surface area contributed by atoms with Gasteiger partial charge in [-0.05, 0) is 56.2 Å². The molecule has 188 valence electrons. The molecule has 1 aromatic heterocycles. The molecule has 1 aliphatic rings. The third kappa shape index (κ3) is 6.18. The van der Waals surface area contributed by atoms with E-state index in [1.165, 1.54) is 11.8 Å². The molecule has 3 aromatic rings. The Labute approximate surface area is 226 Å². The van der Waals surface area contributed by atoms with Crippen molar-refractivity contribution in [1.82, 2.24) is 14.7 Å². The minimum Gasteiger partial charge on any atom is -0.492 e. The maximum Gasteiger partial charge on any atom is 0.266 e. The highest BCUT2D eigenvalue weighted by Crippen LogP contribution is 2.36. The number of para-hydroxylation sites is 1. The van der Waals surface area contributed by atoms with Crippen molar-refractivity contribution in [2.45, 2.75) is 26.7 Å². The van der Waals surface area contributed by atoms with Gasteiger partial charge >= 0.3 is 0 Å². The molecule has 2 heterocycles. The van der Waals surface area contributed by atoms with Gasteiger partial charge in [-0.1, -0.05) is 60.7 Å². The van der Waals surface area contributed by atoms with Crippen LogP contribution < -0.4 is 4.74 Å². The molecule has 0 N–H and O–H groups in total. The lowest BCUT2D eigenvalue weighted by molar-refractivity contribution is -0.122. The van der Waals surface area contributed by atoms with E-state index in [0.717, 1.165) is 29.7 Å². The maximum atomic E-state index is 13.2. The minimum atomic E-state index is -0.0961. The second kappa shape index (κ2) is 12.5. The summed E-state index contributed by atoms with van der Waals surface area (Å²) in [7, 11) is 0. The third-order valence-electron chi connectivity index (χ3n) is 5.46. The molecular formula is C27H28ClN3O3S2. The van der Waals surface area contributed by atoms with Crippen molar-refractivity contribution < 1.29 is 14.3 Å². The van der Waals surface area contributed by atoms with Gasteiger partial charge in [0.2, 0.25) is 0 Å². The quantitative estimate of drug-likeness (QED) is 0.155. The first-order valence-electron chi connectivity index (χ1n) is 11.9. The fraction of sp³-hybridized carbons (Fsp3) is 0.296. The van der Waals surface area contributed by atoms with Crippen LogP contribution in [0.2, 0.25) is 5.02 Å². The topological polar surface area (TPSA) is 56.6 Å². The summed E-state index contributed by atoms with van der Waals surface area (Å²) >= 11 is 13.3. The number of nitrogens with zero attached hydrogens (tertiary/aromatic N) is 3. The summed E-state index contributed by atoms with van der Waals surface area (Å²) in [5.41, 5.74) is 3.25. The number of halogens is 1. The number of ether oxygens (including phenoxy) is 2. The van der Waals surface area contributed by atoms with E-state index in [1.807, 2.05) is 74.7 Å². The average molecular weight is 542 g/mol. The van der Waals surface area contributed by atoms with Gasteiger partial charge in [0.1, 0.15) is 15.8 Å². The highest BCUT2D eigenvalue weighted by molar-refractivity contribution is 8.26. The van der Waals surface area contributed by atoms with E-state index in [0.29, 0.717) is 52.1 Å². The maximum absolute atomic E-state index is 13.2. The van der Waals surface area contributed by atoms with Crippen molar-refractivity contribution >= 4 is 51.9 Å². The van der Waals surface area contributed by atoms with Crippen molar-refractivity contribution in [3.63, 3.8) is 0 Å². The Hall–Kier alpha value is -2.65. The number of carbonyl (C=O) groups is 1. The van der Waals surface area contributed by atoms with Crippen LogP contribution >= 0.6 is 35.6 Å². The van der Waals surface area contributed by atoms with Crippen molar-refractivity contribution in [3.05, 3.63) is 70.2 Å². The van der Waals surface area contributed by atoms with E-state index >= 15 is 0 Å². The van der Waals surface area contributed by atoms with Crippen LogP contribution in [0.3, 0.4) is 0 Å². The van der Waals surface area contributed by atoms with E-state index in [-0.39, 0.29) is 5.91 Å². The van der Waals surface area contributed by atoms with Crippen molar-refractivity contribution in [3.8, 4) is 22.7 Å². The van der Waals surface area contributed by atoms with Crippen molar-refractivity contribution in [2.75, 3.05) is 26.4 Å². The lowest BCUT2D eigenvalue weighted by Crippen LogP contribution is -2.29. The number of thioether (sulfide) groups is 1. The fourth-order valence-corrected chi connectivity index (χ4v) is 5.25. The lowest BCUT2D eigenvalue weighted by atomic mass is 10.1. The molecule has 0 bridgehead atoms. The van der Waals surface area contributed by atoms with E-state index < -0.39 is 0 Å². The Kier molecular flexibility index (Phi) is 9.20. The molecule has 0 radical (unpaired) electrons.